The molecule has 0 aliphatic heterocycles. The van der Waals surface area contributed by atoms with Crippen LogP contribution in [0.5, 0.6) is 0 Å². The number of ketones is 4. The standard InChI is InChI=1S/C54H90N12O8S/c1-8-33(4)41(49(56)71)30-46(68)35(6)64-50(72)37(20-24-75-7)28-48(70)44(26-39-31-63-42-18-10-9-17-40(39)42)66-51(73)36(16-11-12-21-55)27-47(69)43(19-14-23-62-54(59)60)65-52(74)38(25-32(2)3)29-45(67)34(5)15-13-22-61-53(57)58/h9-10,17-18,31-38,41,43-44,63H,8,11-16,19-30,55H2,1-7H3,(H2,56,71)(H,64,72)(H,65,74)(H,66,73)(H4,57,58,61)(H4,59,60,62)/t33-,34-,35-,36+,37+,38+,41?,43-,44-/m0/s1. The van der Waals surface area contributed by atoms with Crippen LogP contribution >= 0.6 is 11.8 Å². The molecule has 2 rings (SSSR count). The fourth-order valence-corrected chi connectivity index (χ4v) is 9.63. The van der Waals surface area contributed by atoms with E-state index < -0.39 is 77.0 Å². The largest absolute Gasteiger partial charge is 0.370 e. The van der Waals surface area contributed by atoms with E-state index in [4.69, 9.17) is 34.4 Å². The average molecular weight is 1070 g/mol. The molecule has 0 aliphatic carbocycles. The minimum Gasteiger partial charge on any atom is -0.370 e. The second-order valence-corrected chi connectivity index (χ2v) is 21.6. The van der Waals surface area contributed by atoms with Crippen LogP contribution in [-0.2, 0) is 44.8 Å². The lowest BCUT2D eigenvalue weighted by Crippen LogP contribution is -2.49. The number of hydrogen-bond acceptors (Lipinski definition) is 12. The van der Waals surface area contributed by atoms with Gasteiger partial charge in [0.05, 0.1) is 18.1 Å². The van der Waals surface area contributed by atoms with Crippen molar-refractivity contribution in [2.75, 3.05) is 31.6 Å². The van der Waals surface area contributed by atoms with Gasteiger partial charge in [-0.15, -0.1) is 0 Å². The molecule has 0 bridgehead atoms. The lowest BCUT2D eigenvalue weighted by molar-refractivity contribution is -0.136. The van der Waals surface area contributed by atoms with Gasteiger partial charge >= 0.3 is 0 Å². The average Bonchev–Trinajstić information content (AvgIpc) is 3.77. The highest BCUT2D eigenvalue weighted by Crippen LogP contribution is 2.26. The quantitative estimate of drug-likeness (QED) is 0.0259. The van der Waals surface area contributed by atoms with Crippen LogP contribution in [-0.4, -0.2) is 113 Å². The second-order valence-electron chi connectivity index (χ2n) is 20.6. The smallest absolute Gasteiger partial charge is 0.224 e. The molecule has 0 radical (unpaired) electrons. The molecular formula is C54H90N12O8S. The van der Waals surface area contributed by atoms with Crippen LogP contribution in [0.1, 0.15) is 137 Å². The van der Waals surface area contributed by atoms with Crippen LogP contribution in [0, 0.1) is 41.4 Å². The summed E-state index contributed by atoms with van der Waals surface area (Å²) in [6.45, 7) is 11.9. The van der Waals surface area contributed by atoms with Gasteiger partial charge in [-0.2, -0.15) is 11.8 Å². The molecule has 420 valence electrons. The Kier molecular flexibility index (Phi) is 30.2. The Hall–Kier alpha value is -5.83. The maximum atomic E-state index is 14.7. The molecule has 21 heteroatoms. The number of unbranched alkanes of at least 4 members (excludes halogenated alkanes) is 1. The molecule has 1 aromatic heterocycles. The van der Waals surface area contributed by atoms with Crippen molar-refractivity contribution in [1.82, 2.24) is 20.9 Å². The molecule has 0 saturated carbocycles. The molecule has 0 spiro atoms. The monoisotopic (exact) mass is 1070 g/mol. The molecular weight excluding hydrogens is 977 g/mol. The number of aliphatic imine (C=N–C) groups is 2. The Morgan fingerprint density at radius 2 is 1.20 bits per heavy atom. The number of carbonyl (C=O) groups is 8. The third kappa shape index (κ3) is 24.2. The predicted octanol–water partition coefficient (Wildman–Crippen LogP) is 3.69. The molecule has 4 amide bonds. The van der Waals surface area contributed by atoms with Gasteiger partial charge in [-0.3, -0.25) is 48.3 Å². The third-order valence-electron chi connectivity index (χ3n) is 13.9. The Morgan fingerprint density at radius 3 is 1.79 bits per heavy atom. The molecule has 16 N–H and O–H groups in total. The normalized spacial score (nSPS) is 15.0. The Balaban J connectivity index is 2.51. The van der Waals surface area contributed by atoms with E-state index in [-0.39, 0.29) is 92.7 Å². The summed E-state index contributed by atoms with van der Waals surface area (Å²) in [4.78, 5) is 123. The van der Waals surface area contributed by atoms with Crippen LogP contribution in [0.3, 0.4) is 0 Å². The molecule has 1 aromatic carbocycles. The highest BCUT2D eigenvalue weighted by atomic mass is 32.2. The number of fused-ring (bicyclic) bond motifs is 1. The number of rotatable bonds is 40. The van der Waals surface area contributed by atoms with Crippen molar-refractivity contribution >= 4 is 81.3 Å². The number of aromatic amines is 1. The molecule has 9 atom stereocenters. The number of benzene rings is 1. The number of nitrogens with zero attached hydrogens (tertiary/aromatic N) is 2. The zero-order chi connectivity index (χ0) is 56.2. The number of aromatic nitrogens is 1. The van der Waals surface area contributed by atoms with E-state index in [1.807, 2.05) is 58.2 Å². The van der Waals surface area contributed by atoms with Crippen LogP contribution < -0.4 is 50.4 Å². The van der Waals surface area contributed by atoms with E-state index in [1.54, 1.807) is 20.0 Å². The van der Waals surface area contributed by atoms with Crippen LogP contribution in [0.15, 0.2) is 40.4 Å². The molecule has 0 saturated heterocycles. The van der Waals surface area contributed by atoms with Gasteiger partial charge in [-0.1, -0.05) is 65.7 Å². The fourth-order valence-electron chi connectivity index (χ4n) is 9.11. The van der Waals surface area contributed by atoms with Crippen LogP contribution in [0.2, 0.25) is 0 Å². The summed E-state index contributed by atoms with van der Waals surface area (Å²) >= 11 is 1.49. The first-order chi connectivity index (χ1) is 35.5. The maximum Gasteiger partial charge on any atom is 0.224 e. The topological polar surface area (TPSA) is 369 Å². The SMILES string of the molecule is CC[C@H](C)C(CC(=O)[C@H](C)NC(=O)[C@H](CCSC)CC(=O)[C@H](Cc1c[nH]c2ccccc12)NC(=O)[C@H](CCCCN)CC(=O)[C@H](CCCN=C(N)N)NC(=O)[C@@H](CC(=O)[C@@H](C)CCCN=C(N)N)CC(C)C)C(N)=O. The first-order valence-corrected chi connectivity index (χ1v) is 28.1. The van der Waals surface area contributed by atoms with E-state index in [0.29, 0.717) is 70.2 Å². The summed E-state index contributed by atoms with van der Waals surface area (Å²) in [6, 6.07) is 4.36. The molecule has 20 nitrogen and oxygen atoms in total. The minimum absolute atomic E-state index is 0.0315. The Labute approximate surface area is 448 Å². The molecule has 1 heterocycles. The Bertz CT molecular complexity index is 2230. The molecule has 0 aliphatic rings. The van der Waals surface area contributed by atoms with Crippen molar-refractivity contribution in [1.29, 1.82) is 0 Å². The van der Waals surface area contributed by atoms with E-state index in [9.17, 15) is 38.4 Å². The maximum absolute atomic E-state index is 14.7. The van der Waals surface area contributed by atoms with Crippen molar-refractivity contribution in [3.8, 4) is 0 Å². The summed E-state index contributed by atoms with van der Waals surface area (Å²) < 4.78 is 0. The number of thioether (sulfide) groups is 1. The van der Waals surface area contributed by atoms with Crippen molar-refractivity contribution in [2.45, 2.75) is 156 Å². The number of Topliss-reactive ketones (excluding diaryl/α,β-unsaturated/α-hetero) is 4. The van der Waals surface area contributed by atoms with E-state index in [0.717, 1.165) is 16.5 Å². The highest BCUT2D eigenvalue weighted by Gasteiger charge is 2.35. The van der Waals surface area contributed by atoms with Crippen LogP contribution in [0.4, 0.5) is 0 Å². The fraction of sp³-hybridized carbons (Fsp3) is 0.667. The van der Waals surface area contributed by atoms with Gasteiger partial charge in [0.15, 0.2) is 29.3 Å². The van der Waals surface area contributed by atoms with E-state index in [1.165, 1.54) is 11.8 Å². The summed E-state index contributed by atoms with van der Waals surface area (Å²) in [5.41, 5.74) is 35.2. The first-order valence-electron chi connectivity index (χ1n) is 26.7. The van der Waals surface area contributed by atoms with Crippen LogP contribution in [0.25, 0.3) is 10.9 Å². The van der Waals surface area contributed by atoms with Crippen molar-refractivity contribution in [2.24, 2.45) is 85.8 Å². The Morgan fingerprint density at radius 1 is 0.640 bits per heavy atom. The summed E-state index contributed by atoms with van der Waals surface area (Å²) in [6.07, 6.45) is 7.11. The van der Waals surface area contributed by atoms with Gasteiger partial charge in [0.2, 0.25) is 23.6 Å². The van der Waals surface area contributed by atoms with Gasteiger partial charge in [0, 0.05) is 91.9 Å². The molecule has 75 heavy (non-hydrogen) atoms. The number of H-pyrrole nitrogens is 1. The van der Waals surface area contributed by atoms with Crippen molar-refractivity contribution < 1.29 is 38.4 Å². The lowest BCUT2D eigenvalue weighted by atomic mass is 9.85. The van der Waals surface area contributed by atoms with Gasteiger partial charge in [-0.25, -0.2) is 0 Å². The predicted molar refractivity (Wildman–Crippen MR) is 299 cm³/mol. The number of primary amides is 1. The lowest BCUT2D eigenvalue weighted by Gasteiger charge is -2.26. The number of guanidine groups is 2. The van der Waals surface area contributed by atoms with Gasteiger partial charge < -0.3 is 55.3 Å². The number of amides is 4. The van der Waals surface area contributed by atoms with Gasteiger partial charge in [-0.05, 0) is 100 Å². The van der Waals surface area contributed by atoms with Crippen molar-refractivity contribution in [3.63, 3.8) is 0 Å². The zero-order valence-electron chi connectivity index (χ0n) is 45.6. The first kappa shape index (κ1) is 65.3. The molecule has 2 aromatic rings. The van der Waals surface area contributed by atoms with E-state index in [2.05, 4.69) is 30.9 Å². The second kappa shape index (κ2) is 34.7. The van der Waals surface area contributed by atoms with E-state index >= 15 is 0 Å². The van der Waals surface area contributed by atoms with Gasteiger partial charge in [0.25, 0.3) is 0 Å². The van der Waals surface area contributed by atoms with Gasteiger partial charge in [0.1, 0.15) is 5.78 Å². The number of nitrogens with one attached hydrogen (secondary N) is 4. The third-order valence-corrected chi connectivity index (χ3v) is 14.6. The van der Waals surface area contributed by atoms with Crippen molar-refractivity contribution in [3.05, 3.63) is 36.0 Å². The summed E-state index contributed by atoms with van der Waals surface area (Å²) in [5.74, 6) is -6.78. The number of para-hydroxylation sites is 1. The summed E-state index contributed by atoms with van der Waals surface area (Å²) in [7, 11) is 0. The minimum atomic E-state index is -1.14. The highest BCUT2D eigenvalue weighted by molar-refractivity contribution is 7.98. The number of nitrogens with two attached hydrogens (primary N) is 6. The zero-order valence-corrected chi connectivity index (χ0v) is 46.4. The number of carbonyl (C=O) groups excluding carboxylic acids is 8. The molecule has 1 unspecified atom stereocenters. The molecule has 0 fully saturated rings. The number of hydrogen-bond donors (Lipinski definition) is 10. The summed E-state index contributed by atoms with van der Waals surface area (Å²) in [5, 5.41) is 9.55.